The van der Waals surface area contributed by atoms with E-state index in [4.69, 9.17) is 11.6 Å². The molecule has 0 fully saturated rings. The molecule has 0 heterocycles. The predicted molar refractivity (Wildman–Crippen MR) is 52.4 cm³/mol. The minimum atomic E-state index is -4.21. The Kier molecular flexibility index (Phi) is 6.72. The summed E-state index contributed by atoms with van der Waals surface area (Å²) in [6.45, 7) is 0. The molecule has 0 atom stereocenters. The van der Waals surface area contributed by atoms with Gasteiger partial charge in [0, 0.05) is 10.8 Å². The third-order valence-corrected chi connectivity index (χ3v) is 3.45. The van der Waals surface area contributed by atoms with Crippen LogP contribution in [0.15, 0.2) is 24.3 Å². The van der Waals surface area contributed by atoms with E-state index >= 15 is 0 Å². The smallest absolute Gasteiger partial charge is 0.739 e. The van der Waals surface area contributed by atoms with Crippen molar-refractivity contribution >= 4 is 31.5 Å². The number of halogens is 1. The Morgan fingerprint density at radius 2 is 2.07 bits per heavy atom. The first-order chi connectivity index (χ1) is 5.97. The summed E-state index contributed by atoms with van der Waals surface area (Å²) in [7, 11) is -3.86. The van der Waals surface area contributed by atoms with Crippen LogP contribution in [0.2, 0.25) is 5.02 Å². The Balaban J connectivity index is 0.00000169. The van der Waals surface area contributed by atoms with Crippen molar-refractivity contribution in [2.45, 2.75) is 5.75 Å². The summed E-state index contributed by atoms with van der Waals surface area (Å²) >= 11 is 5.66. The fraction of sp³-hybridized carbons (Fsp3) is 0.143. The van der Waals surface area contributed by atoms with E-state index in [1.54, 1.807) is 24.3 Å². The third kappa shape index (κ3) is 6.29. The topological polar surface area (TPSA) is 57.2 Å². The van der Waals surface area contributed by atoms with E-state index in [0.717, 1.165) is 5.56 Å². The van der Waals surface area contributed by atoms with Crippen molar-refractivity contribution in [3.05, 3.63) is 34.9 Å². The molecule has 0 spiro atoms. The Morgan fingerprint density at radius 3 is 2.57 bits per heavy atom. The molecule has 0 radical (unpaired) electrons. The maximum Gasteiger partial charge on any atom is 1.00 e. The van der Waals surface area contributed by atoms with Gasteiger partial charge in [0.25, 0.3) is 0 Å². The fourth-order valence-electron chi connectivity index (χ4n) is 0.767. The molecule has 7 heteroatoms. The molecule has 0 saturated heterocycles. The van der Waals surface area contributed by atoms with Crippen LogP contribution in [0.5, 0.6) is 0 Å². The first-order valence-electron chi connectivity index (χ1n) is 3.32. The first-order valence-corrected chi connectivity index (χ1v) is 6.61. The molecular weight excluding hydrogens is 255 g/mol. The van der Waals surface area contributed by atoms with Crippen LogP contribution in [-0.4, -0.2) is 13.0 Å². The molecule has 0 N–H and O–H groups in total. The van der Waals surface area contributed by atoms with Gasteiger partial charge in [0.2, 0.25) is 0 Å². The summed E-state index contributed by atoms with van der Waals surface area (Å²) < 4.78 is 30.8. The third-order valence-electron chi connectivity index (χ3n) is 1.26. The molecule has 0 amide bonds. The SMILES string of the molecule is O=S(=O)([O-])SCc1cccc(Cl)c1.[Na+]. The van der Waals surface area contributed by atoms with E-state index in [9.17, 15) is 13.0 Å². The zero-order chi connectivity index (χ0) is 9.90. The molecule has 3 nitrogen and oxygen atoms in total. The molecule has 0 saturated carbocycles. The van der Waals surface area contributed by atoms with Gasteiger partial charge in [0.05, 0.1) is 0 Å². The summed E-state index contributed by atoms with van der Waals surface area (Å²) in [6.07, 6.45) is 0. The van der Waals surface area contributed by atoms with Crippen LogP contribution < -0.4 is 29.6 Å². The van der Waals surface area contributed by atoms with Crippen LogP contribution in [0.25, 0.3) is 0 Å². The first kappa shape index (κ1) is 14.8. The predicted octanol–water partition coefficient (Wildman–Crippen LogP) is -0.963. The average molecular weight is 261 g/mol. The zero-order valence-electron chi connectivity index (χ0n) is 7.44. The Hall–Kier alpha value is 0.770. The van der Waals surface area contributed by atoms with Gasteiger partial charge < -0.3 is 4.55 Å². The van der Waals surface area contributed by atoms with Crippen LogP contribution in [0.4, 0.5) is 0 Å². The number of rotatable bonds is 3. The summed E-state index contributed by atoms with van der Waals surface area (Å²) in [6, 6.07) is 6.72. The number of hydrogen-bond donors (Lipinski definition) is 0. The van der Waals surface area contributed by atoms with E-state index in [1.165, 1.54) is 0 Å². The van der Waals surface area contributed by atoms with Crippen LogP contribution in [0, 0.1) is 0 Å². The standard InChI is InChI=1S/C7H7ClO3S2.Na/c8-7-3-1-2-6(4-7)5-12-13(9,10)11;/h1-4H,5H2,(H,9,10,11);/q;+1/p-1. The number of hydrogen-bond acceptors (Lipinski definition) is 4. The van der Waals surface area contributed by atoms with Gasteiger partial charge in [0.15, 0.2) is 0 Å². The van der Waals surface area contributed by atoms with Crippen molar-refractivity contribution in [1.82, 2.24) is 0 Å². The molecular formula is C7H6ClNaO3S2. The van der Waals surface area contributed by atoms with E-state index in [-0.39, 0.29) is 35.3 Å². The second-order valence-corrected chi connectivity index (χ2v) is 6.01. The fourth-order valence-corrected chi connectivity index (χ4v) is 2.28. The molecule has 0 bridgehead atoms. The summed E-state index contributed by atoms with van der Waals surface area (Å²) in [4.78, 5) is 0. The normalized spacial score (nSPS) is 10.7. The largest absolute Gasteiger partial charge is 1.00 e. The van der Waals surface area contributed by atoms with Crippen LogP contribution in [0.1, 0.15) is 5.56 Å². The minimum absolute atomic E-state index is 0. The molecule has 0 aromatic heterocycles. The molecule has 0 aliphatic carbocycles. The van der Waals surface area contributed by atoms with Gasteiger partial charge in [-0.2, -0.15) is 0 Å². The molecule has 1 rings (SSSR count). The van der Waals surface area contributed by atoms with Crippen LogP contribution >= 0.6 is 22.4 Å². The van der Waals surface area contributed by atoms with Gasteiger partial charge in [-0.3, -0.25) is 0 Å². The number of benzene rings is 1. The Morgan fingerprint density at radius 1 is 1.43 bits per heavy atom. The monoisotopic (exact) mass is 260 g/mol. The summed E-state index contributed by atoms with van der Waals surface area (Å²) in [5.74, 6) is 0.131. The van der Waals surface area contributed by atoms with Crippen molar-refractivity contribution in [2.24, 2.45) is 0 Å². The summed E-state index contributed by atoms with van der Waals surface area (Å²) in [5.41, 5.74) is 0.719. The van der Waals surface area contributed by atoms with Crippen molar-refractivity contribution in [3.8, 4) is 0 Å². The van der Waals surface area contributed by atoms with Crippen molar-refractivity contribution < 1.29 is 42.5 Å². The maximum absolute atomic E-state index is 10.3. The van der Waals surface area contributed by atoms with Crippen molar-refractivity contribution in [2.75, 3.05) is 0 Å². The maximum atomic E-state index is 10.3. The van der Waals surface area contributed by atoms with E-state index < -0.39 is 9.15 Å². The van der Waals surface area contributed by atoms with Crippen molar-refractivity contribution in [1.29, 1.82) is 0 Å². The van der Waals surface area contributed by atoms with Crippen molar-refractivity contribution in [3.63, 3.8) is 0 Å². The van der Waals surface area contributed by atoms with E-state index in [1.807, 2.05) is 0 Å². The van der Waals surface area contributed by atoms with Gasteiger partial charge in [0.1, 0.15) is 9.15 Å². The second kappa shape index (κ2) is 6.37. The summed E-state index contributed by atoms with van der Waals surface area (Å²) in [5, 5.41) is 0.529. The molecule has 1 aromatic carbocycles. The Labute approximate surface area is 114 Å². The zero-order valence-corrected chi connectivity index (χ0v) is 11.8. The van der Waals surface area contributed by atoms with E-state index in [2.05, 4.69) is 0 Å². The molecule has 72 valence electrons. The van der Waals surface area contributed by atoms with Gasteiger partial charge in [-0.1, -0.05) is 23.7 Å². The quantitative estimate of drug-likeness (QED) is 0.399. The van der Waals surface area contributed by atoms with Gasteiger partial charge in [-0.25, -0.2) is 8.42 Å². The molecule has 0 unspecified atom stereocenters. The van der Waals surface area contributed by atoms with Crippen LogP contribution in [0.3, 0.4) is 0 Å². The molecule has 1 aromatic rings. The van der Waals surface area contributed by atoms with Crippen LogP contribution in [-0.2, 0) is 14.9 Å². The van der Waals surface area contributed by atoms with Gasteiger partial charge in [-0.05, 0) is 28.5 Å². The van der Waals surface area contributed by atoms with Gasteiger partial charge >= 0.3 is 29.6 Å². The minimum Gasteiger partial charge on any atom is -0.739 e. The second-order valence-electron chi connectivity index (χ2n) is 2.30. The Bertz CT molecular complexity index is 394. The average Bonchev–Trinajstić information content (AvgIpc) is 2.00. The molecule has 0 aliphatic heterocycles. The van der Waals surface area contributed by atoms with E-state index in [0.29, 0.717) is 15.8 Å². The molecule has 0 aliphatic rings. The molecule has 14 heavy (non-hydrogen) atoms. The van der Waals surface area contributed by atoms with Gasteiger partial charge in [-0.15, -0.1) is 0 Å².